The lowest BCUT2D eigenvalue weighted by molar-refractivity contribution is 0.317. The van der Waals surface area contributed by atoms with Gasteiger partial charge < -0.3 is 10.1 Å². The van der Waals surface area contributed by atoms with Crippen molar-refractivity contribution in [3.8, 4) is 11.8 Å². The van der Waals surface area contributed by atoms with Gasteiger partial charge in [0.15, 0.2) is 0 Å². The molecular formula is C14H20N2O. The molecule has 0 aliphatic carbocycles. The van der Waals surface area contributed by atoms with Crippen molar-refractivity contribution in [2.45, 2.75) is 26.8 Å². The Balaban J connectivity index is 2.33. The zero-order valence-electron chi connectivity index (χ0n) is 10.6. The second-order valence-electron chi connectivity index (χ2n) is 4.15. The molecule has 0 saturated heterocycles. The average Bonchev–Trinajstić information content (AvgIpc) is 2.37. The van der Waals surface area contributed by atoms with Gasteiger partial charge in [0.1, 0.15) is 5.75 Å². The van der Waals surface area contributed by atoms with Gasteiger partial charge in [-0.15, -0.1) is 0 Å². The van der Waals surface area contributed by atoms with E-state index < -0.39 is 0 Å². The second kappa shape index (κ2) is 7.70. The number of ether oxygens (including phenoxy) is 1. The molecule has 1 unspecified atom stereocenters. The predicted octanol–water partition coefficient (Wildman–Crippen LogP) is 2.72. The molecule has 0 spiro atoms. The molecule has 0 bridgehead atoms. The molecule has 3 nitrogen and oxygen atoms in total. The number of nitrogens with zero attached hydrogens (tertiary/aromatic N) is 1. The number of benzene rings is 1. The molecule has 1 atom stereocenters. The van der Waals surface area contributed by atoms with Crippen molar-refractivity contribution in [2.75, 3.05) is 13.2 Å². The van der Waals surface area contributed by atoms with Crippen molar-refractivity contribution < 1.29 is 4.74 Å². The van der Waals surface area contributed by atoms with Gasteiger partial charge in [-0.2, -0.15) is 5.26 Å². The van der Waals surface area contributed by atoms with Crippen molar-refractivity contribution in [1.82, 2.24) is 5.32 Å². The molecule has 0 radical (unpaired) electrons. The molecule has 0 aromatic heterocycles. The minimum absolute atomic E-state index is 0.0576. The van der Waals surface area contributed by atoms with Crippen LogP contribution in [0.4, 0.5) is 0 Å². The first-order valence-electron chi connectivity index (χ1n) is 6.08. The highest BCUT2D eigenvalue weighted by Crippen LogP contribution is 2.12. The number of rotatable bonds is 7. The third-order valence-electron chi connectivity index (χ3n) is 2.40. The Bertz CT molecular complexity index is 353. The fourth-order valence-electron chi connectivity index (χ4n) is 1.40. The Morgan fingerprint density at radius 2 is 2.06 bits per heavy atom. The van der Waals surface area contributed by atoms with Crippen LogP contribution in [0.1, 0.15) is 25.8 Å². The van der Waals surface area contributed by atoms with E-state index in [0.29, 0.717) is 0 Å². The number of hydrogen-bond acceptors (Lipinski definition) is 3. The zero-order chi connectivity index (χ0) is 12.5. The van der Waals surface area contributed by atoms with E-state index in [1.54, 1.807) is 0 Å². The summed E-state index contributed by atoms with van der Waals surface area (Å²) in [5.41, 5.74) is 1.21. The van der Waals surface area contributed by atoms with Crippen LogP contribution in [0.3, 0.4) is 0 Å². The Morgan fingerprint density at radius 1 is 1.35 bits per heavy atom. The van der Waals surface area contributed by atoms with Gasteiger partial charge in [-0.1, -0.05) is 19.1 Å². The fourth-order valence-corrected chi connectivity index (χ4v) is 1.40. The molecule has 0 amide bonds. The van der Waals surface area contributed by atoms with Crippen LogP contribution < -0.4 is 10.1 Å². The number of nitrogens with one attached hydrogen (secondary N) is 1. The molecule has 0 heterocycles. The normalized spacial score (nSPS) is 11.8. The number of hydrogen-bond donors (Lipinski definition) is 1. The molecule has 0 aliphatic heterocycles. The molecule has 1 aromatic rings. The van der Waals surface area contributed by atoms with Gasteiger partial charge in [0.25, 0.3) is 0 Å². The van der Waals surface area contributed by atoms with E-state index in [9.17, 15) is 0 Å². The van der Waals surface area contributed by atoms with Gasteiger partial charge in [0.2, 0.25) is 0 Å². The Kier molecular flexibility index (Phi) is 6.13. The van der Waals surface area contributed by atoms with Crippen molar-refractivity contribution in [3.05, 3.63) is 29.8 Å². The Morgan fingerprint density at radius 3 is 2.65 bits per heavy atom. The van der Waals surface area contributed by atoms with E-state index >= 15 is 0 Å². The molecule has 17 heavy (non-hydrogen) atoms. The summed E-state index contributed by atoms with van der Waals surface area (Å²) in [6, 6.07) is 10.3. The van der Waals surface area contributed by atoms with E-state index in [4.69, 9.17) is 10.00 Å². The maximum atomic E-state index is 8.64. The molecule has 0 fully saturated rings. The van der Waals surface area contributed by atoms with Gasteiger partial charge in [0, 0.05) is 13.1 Å². The van der Waals surface area contributed by atoms with Crippen LogP contribution in [0.15, 0.2) is 24.3 Å². The summed E-state index contributed by atoms with van der Waals surface area (Å²) in [6.07, 6.45) is 1.02. The largest absolute Gasteiger partial charge is 0.494 e. The van der Waals surface area contributed by atoms with Crippen LogP contribution in [0.25, 0.3) is 0 Å². The second-order valence-corrected chi connectivity index (χ2v) is 4.15. The third kappa shape index (κ3) is 5.37. The van der Waals surface area contributed by atoms with E-state index in [1.807, 2.05) is 19.1 Å². The van der Waals surface area contributed by atoms with E-state index in [1.165, 1.54) is 5.56 Å². The molecule has 3 heteroatoms. The van der Waals surface area contributed by atoms with Crippen LogP contribution in [-0.4, -0.2) is 13.2 Å². The van der Waals surface area contributed by atoms with Gasteiger partial charge in [0.05, 0.1) is 18.6 Å². The summed E-state index contributed by atoms with van der Waals surface area (Å²) in [4.78, 5) is 0. The fraction of sp³-hybridized carbons (Fsp3) is 0.500. The quantitative estimate of drug-likeness (QED) is 0.786. The minimum atomic E-state index is 0.0576. The maximum absolute atomic E-state index is 8.64. The van der Waals surface area contributed by atoms with Crippen molar-refractivity contribution in [1.29, 1.82) is 5.26 Å². The molecule has 0 aliphatic rings. The summed E-state index contributed by atoms with van der Waals surface area (Å²) in [5.74, 6) is 0.975. The first-order chi connectivity index (χ1) is 8.26. The van der Waals surface area contributed by atoms with Gasteiger partial charge in [-0.05, 0) is 31.0 Å². The lowest BCUT2D eigenvalue weighted by Crippen LogP contribution is -2.19. The Hall–Kier alpha value is -1.53. The van der Waals surface area contributed by atoms with Crippen molar-refractivity contribution in [2.24, 2.45) is 5.92 Å². The molecule has 1 rings (SSSR count). The van der Waals surface area contributed by atoms with Crippen molar-refractivity contribution in [3.63, 3.8) is 0 Å². The highest BCUT2D eigenvalue weighted by molar-refractivity contribution is 5.27. The maximum Gasteiger partial charge on any atom is 0.119 e. The average molecular weight is 232 g/mol. The molecular weight excluding hydrogens is 212 g/mol. The summed E-state index contributed by atoms with van der Waals surface area (Å²) >= 11 is 0. The van der Waals surface area contributed by atoms with Crippen LogP contribution in [0, 0.1) is 17.2 Å². The molecule has 1 aromatic carbocycles. The zero-order valence-corrected chi connectivity index (χ0v) is 10.6. The summed E-state index contributed by atoms with van der Waals surface area (Å²) < 4.78 is 5.51. The van der Waals surface area contributed by atoms with Crippen LogP contribution >= 0.6 is 0 Å². The number of nitriles is 1. The van der Waals surface area contributed by atoms with Gasteiger partial charge in [-0.3, -0.25) is 0 Å². The highest BCUT2D eigenvalue weighted by atomic mass is 16.5. The minimum Gasteiger partial charge on any atom is -0.494 e. The standard InChI is InChI=1S/C14H20N2O/c1-3-8-17-14-6-4-13(5-7-14)11-16-10-12(2)9-15/h4-7,12,16H,3,8,10-11H2,1-2H3. The first kappa shape index (κ1) is 13.5. The lowest BCUT2D eigenvalue weighted by Gasteiger charge is -2.08. The monoisotopic (exact) mass is 232 g/mol. The highest BCUT2D eigenvalue weighted by Gasteiger charge is 1.99. The molecule has 0 saturated carbocycles. The van der Waals surface area contributed by atoms with Gasteiger partial charge in [-0.25, -0.2) is 0 Å². The SMILES string of the molecule is CCCOc1ccc(CNCC(C)C#N)cc1. The summed E-state index contributed by atoms with van der Waals surface area (Å²) in [6.45, 7) is 6.28. The molecule has 1 N–H and O–H groups in total. The summed E-state index contributed by atoms with van der Waals surface area (Å²) in [7, 11) is 0. The van der Waals surface area contributed by atoms with Gasteiger partial charge >= 0.3 is 0 Å². The summed E-state index contributed by atoms with van der Waals surface area (Å²) in [5, 5.41) is 11.9. The third-order valence-corrected chi connectivity index (χ3v) is 2.40. The Labute approximate surface area is 103 Å². The van der Waals surface area contributed by atoms with E-state index in [-0.39, 0.29) is 5.92 Å². The first-order valence-corrected chi connectivity index (χ1v) is 6.08. The lowest BCUT2D eigenvalue weighted by atomic mass is 10.2. The smallest absolute Gasteiger partial charge is 0.119 e. The van der Waals surface area contributed by atoms with Crippen molar-refractivity contribution >= 4 is 0 Å². The molecule has 92 valence electrons. The van der Waals surface area contributed by atoms with Crippen LogP contribution in [0.5, 0.6) is 5.75 Å². The van der Waals surface area contributed by atoms with Crippen LogP contribution in [-0.2, 0) is 6.54 Å². The van der Waals surface area contributed by atoms with Crippen LogP contribution in [0.2, 0.25) is 0 Å². The van der Waals surface area contributed by atoms with E-state index in [0.717, 1.165) is 31.9 Å². The predicted molar refractivity (Wildman–Crippen MR) is 68.7 cm³/mol. The topological polar surface area (TPSA) is 45.0 Å². The van der Waals surface area contributed by atoms with E-state index in [2.05, 4.69) is 30.4 Å².